The van der Waals surface area contributed by atoms with Gasteiger partial charge < -0.3 is 20.4 Å². The predicted molar refractivity (Wildman–Crippen MR) is 129 cm³/mol. The summed E-state index contributed by atoms with van der Waals surface area (Å²) in [6, 6.07) is 6.03. The fraction of sp³-hybridized carbons (Fsp3) is 0.625. The van der Waals surface area contributed by atoms with E-state index in [1.807, 2.05) is 41.5 Å². The van der Waals surface area contributed by atoms with Crippen molar-refractivity contribution in [3.05, 3.63) is 29.3 Å². The van der Waals surface area contributed by atoms with E-state index in [-0.39, 0.29) is 35.2 Å². The molecule has 8 heteroatoms. The van der Waals surface area contributed by atoms with Crippen LogP contribution >= 0.6 is 11.6 Å². The Hall–Kier alpha value is -2.28. The van der Waals surface area contributed by atoms with Crippen molar-refractivity contribution in [2.24, 2.45) is 11.3 Å². The lowest BCUT2D eigenvalue weighted by Crippen LogP contribution is -2.60. The van der Waals surface area contributed by atoms with Crippen LogP contribution in [0.3, 0.4) is 0 Å². The van der Waals surface area contributed by atoms with Gasteiger partial charge in [-0.25, -0.2) is 4.79 Å². The zero-order valence-corrected chi connectivity index (χ0v) is 20.8. The largest absolute Gasteiger partial charge is 0.344 e. The van der Waals surface area contributed by atoms with Crippen molar-refractivity contribution >= 4 is 35.1 Å². The number of hydrogen-bond acceptors (Lipinski definition) is 3. The summed E-state index contributed by atoms with van der Waals surface area (Å²) in [5.74, 6) is -0.163. The van der Waals surface area contributed by atoms with Crippen molar-refractivity contribution in [3.63, 3.8) is 0 Å². The Bertz CT molecular complexity index is 806. The molecule has 1 aromatic carbocycles. The van der Waals surface area contributed by atoms with Crippen LogP contribution in [0.15, 0.2) is 24.3 Å². The third-order valence-corrected chi connectivity index (χ3v) is 6.03. The smallest absolute Gasteiger partial charge is 0.322 e. The predicted octanol–water partition coefficient (Wildman–Crippen LogP) is 4.37. The summed E-state index contributed by atoms with van der Waals surface area (Å²) >= 11 is 5.90. The van der Waals surface area contributed by atoms with Crippen LogP contribution in [0, 0.1) is 11.3 Å². The first-order chi connectivity index (χ1) is 14.9. The van der Waals surface area contributed by atoms with E-state index in [1.165, 1.54) is 0 Å². The second kappa shape index (κ2) is 11.0. The molecule has 4 amide bonds. The molecule has 1 heterocycles. The quantitative estimate of drug-likeness (QED) is 0.655. The number of benzene rings is 1. The number of nitrogens with one attached hydrogen (secondary N) is 2. The topological polar surface area (TPSA) is 81.8 Å². The van der Waals surface area contributed by atoms with Gasteiger partial charge in [-0.2, -0.15) is 0 Å². The number of anilines is 1. The number of halogens is 1. The number of amides is 4. The highest BCUT2D eigenvalue weighted by Crippen LogP contribution is 2.21. The lowest BCUT2D eigenvalue weighted by molar-refractivity contribution is -0.140. The molecule has 1 saturated heterocycles. The van der Waals surface area contributed by atoms with Crippen LogP contribution in [0.2, 0.25) is 5.02 Å². The van der Waals surface area contributed by atoms with Gasteiger partial charge in [0.2, 0.25) is 11.8 Å². The molecule has 0 spiro atoms. The highest BCUT2D eigenvalue weighted by atomic mass is 35.5. The summed E-state index contributed by atoms with van der Waals surface area (Å²) in [6.07, 6.45) is 1.15. The molecule has 7 nitrogen and oxygen atoms in total. The molecular formula is C24H37ClN4O3. The second-order valence-electron chi connectivity index (χ2n) is 9.93. The van der Waals surface area contributed by atoms with Gasteiger partial charge in [-0.15, -0.1) is 0 Å². The molecule has 0 aliphatic carbocycles. The summed E-state index contributed by atoms with van der Waals surface area (Å²) < 4.78 is 0. The summed E-state index contributed by atoms with van der Waals surface area (Å²) in [5.41, 5.74) is 0.522. The van der Waals surface area contributed by atoms with E-state index in [9.17, 15) is 14.4 Å². The minimum atomic E-state index is -0.559. The van der Waals surface area contributed by atoms with Crippen LogP contribution in [0.5, 0.6) is 0 Å². The van der Waals surface area contributed by atoms with E-state index < -0.39 is 6.04 Å². The maximum absolute atomic E-state index is 13.3. The number of carbonyl (C=O) groups is 3. The van der Waals surface area contributed by atoms with Gasteiger partial charge in [-0.05, 0) is 42.5 Å². The van der Waals surface area contributed by atoms with Gasteiger partial charge in [0.05, 0.1) is 0 Å². The van der Waals surface area contributed by atoms with Gasteiger partial charge >= 0.3 is 6.03 Å². The Morgan fingerprint density at radius 1 is 1.16 bits per heavy atom. The lowest BCUT2D eigenvalue weighted by atomic mass is 9.91. The number of piperazine rings is 1. The van der Waals surface area contributed by atoms with Crippen molar-refractivity contribution in [2.75, 3.05) is 25.0 Å². The van der Waals surface area contributed by atoms with E-state index in [4.69, 9.17) is 11.6 Å². The summed E-state index contributed by atoms with van der Waals surface area (Å²) in [6.45, 7) is 13.2. The molecule has 178 valence electrons. The Labute approximate surface area is 196 Å². The molecule has 1 fully saturated rings. The molecule has 0 bridgehead atoms. The average Bonchev–Trinajstić information content (AvgIpc) is 2.71. The first kappa shape index (κ1) is 26.0. The number of nitrogens with zero attached hydrogens (tertiary/aromatic N) is 2. The summed E-state index contributed by atoms with van der Waals surface area (Å²) in [4.78, 5) is 42.1. The number of rotatable bonds is 6. The Morgan fingerprint density at radius 3 is 2.31 bits per heavy atom. The van der Waals surface area contributed by atoms with Gasteiger partial charge in [-0.1, -0.05) is 52.6 Å². The summed E-state index contributed by atoms with van der Waals surface area (Å²) in [7, 11) is 0. The lowest BCUT2D eigenvalue weighted by Gasteiger charge is -2.41. The Balaban J connectivity index is 2.00. The van der Waals surface area contributed by atoms with Crippen LogP contribution in [-0.4, -0.2) is 59.4 Å². The number of hydrogen-bond donors (Lipinski definition) is 2. The first-order valence-electron chi connectivity index (χ1n) is 11.3. The zero-order chi connectivity index (χ0) is 24.1. The normalized spacial score (nSPS) is 18.7. The van der Waals surface area contributed by atoms with E-state index in [2.05, 4.69) is 10.6 Å². The molecule has 1 aliphatic rings. The van der Waals surface area contributed by atoms with Crippen molar-refractivity contribution < 1.29 is 14.4 Å². The molecule has 1 aliphatic heterocycles. The van der Waals surface area contributed by atoms with Crippen LogP contribution in [0.1, 0.15) is 54.4 Å². The SMILES string of the molecule is CCC(C)C(NC(=O)CC(C)(C)C)C(=O)N1CCN(C(=O)Nc2ccc(Cl)cc2)C(C)C1. The van der Waals surface area contributed by atoms with E-state index >= 15 is 0 Å². The Kier molecular flexibility index (Phi) is 8.96. The molecule has 2 rings (SSSR count). The Morgan fingerprint density at radius 2 is 1.78 bits per heavy atom. The minimum Gasteiger partial charge on any atom is -0.344 e. The molecule has 2 N–H and O–H groups in total. The maximum atomic E-state index is 13.3. The maximum Gasteiger partial charge on any atom is 0.322 e. The molecule has 0 radical (unpaired) electrons. The zero-order valence-electron chi connectivity index (χ0n) is 20.1. The molecule has 3 atom stereocenters. The highest BCUT2D eigenvalue weighted by Gasteiger charge is 2.35. The number of urea groups is 1. The molecule has 0 saturated carbocycles. The third kappa shape index (κ3) is 7.40. The van der Waals surface area contributed by atoms with Crippen molar-refractivity contribution in [3.8, 4) is 0 Å². The second-order valence-corrected chi connectivity index (χ2v) is 10.4. The van der Waals surface area contributed by atoms with Gasteiger partial charge in [0.25, 0.3) is 0 Å². The van der Waals surface area contributed by atoms with Crippen molar-refractivity contribution in [1.29, 1.82) is 0 Å². The van der Waals surface area contributed by atoms with Gasteiger partial charge in [-0.3, -0.25) is 9.59 Å². The van der Waals surface area contributed by atoms with E-state index in [0.29, 0.717) is 36.8 Å². The van der Waals surface area contributed by atoms with E-state index in [1.54, 1.807) is 34.1 Å². The monoisotopic (exact) mass is 464 g/mol. The van der Waals surface area contributed by atoms with Crippen LogP contribution in [0.4, 0.5) is 10.5 Å². The first-order valence-corrected chi connectivity index (χ1v) is 11.7. The van der Waals surface area contributed by atoms with Gasteiger partial charge in [0.1, 0.15) is 6.04 Å². The van der Waals surface area contributed by atoms with Crippen LogP contribution in [0.25, 0.3) is 0 Å². The average molecular weight is 465 g/mol. The van der Waals surface area contributed by atoms with Gasteiger partial charge in [0, 0.05) is 42.8 Å². The van der Waals surface area contributed by atoms with Crippen molar-refractivity contribution in [1.82, 2.24) is 15.1 Å². The van der Waals surface area contributed by atoms with E-state index in [0.717, 1.165) is 6.42 Å². The number of carbonyl (C=O) groups excluding carboxylic acids is 3. The summed E-state index contributed by atoms with van der Waals surface area (Å²) in [5, 5.41) is 6.46. The molecule has 3 unspecified atom stereocenters. The molecule has 32 heavy (non-hydrogen) atoms. The van der Waals surface area contributed by atoms with Crippen LogP contribution in [-0.2, 0) is 9.59 Å². The highest BCUT2D eigenvalue weighted by molar-refractivity contribution is 6.30. The fourth-order valence-electron chi connectivity index (χ4n) is 3.77. The molecule has 1 aromatic rings. The van der Waals surface area contributed by atoms with Crippen LogP contribution < -0.4 is 10.6 Å². The fourth-order valence-corrected chi connectivity index (χ4v) is 3.90. The molecular weight excluding hydrogens is 428 g/mol. The van der Waals surface area contributed by atoms with Gasteiger partial charge in [0.15, 0.2) is 0 Å². The van der Waals surface area contributed by atoms with Crippen molar-refractivity contribution in [2.45, 2.75) is 66.5 Å². The standard InChI is InChI=1S/C24H37ClN4O3/c1-7-16(2)21(27-20(30)14-24(4,5)6)22(31)28-12-13-29(17(3)15-28)23(32)26-19-10-8-18(25)9-11-19/h8-11,16-17,21H,7,12-15H2,1-6H3,(H,26,32)(H,27,30). The molecule has 0 aromatic heterocycles. The third-order valence-electron chi connectivity index (χ3n) is 5.78. The minimum absolute atomic E-state index is 0.0213.